The number of aliphatic carboxylic acids is 1. The molecule has 1 aromatic rings. The minimum Gasteiger partial charge on any atom is -0.548 e. The van der Waals surface area contributed by atoms with E-state index in [1.807, 2.05) is 73.4 Å². The summed E-state index contributed by atoms with van der Waals surface area (Å²) in [6.07, 6.45) is 0.683. The Hall–Kier alpha value is -3.55. The minimum atomic E-state index is -1.39. The topological polar surface area (TPSA) is 161 Å². The van der Waals surface area contributed by atoms with Gasteiger partial charge in [0.1, 0.15) is 6.04 Å². The maximum atomic E-state index is 14.3. The van der Waals surface area contributed by atoms with E-state index in [1.165, 1.54) is 14.2 Å². The van der Waals surface area contributed by atoms with Crippen LogP contribution in [-0.2, 0) is 39.9 Å². The van der Waals surface area contributed by atoms with Crippen LogP contribution in [0.2, 0.25) is 0 Å². The molecule has 4 amide bonds. The number of hydrogen-bond acceptors (Lipinski definition) is 9. The van der Waals surface area contributed by atoms with Crippen molar-refractivity contribution < 1.29 is 38.6 Å². The third-order valence-corrected chi connectivity index (χ3v) is 11.5. The molecule has 0 saturated carbocycles. The van der Waals surface area contributed by atoms with Crippen LogP contribution in [0, 0.1) is 23.7 Å². The normalized spacial score (nSPS) is 19.1. The summed E-state index contributed by atoms with van der Waals surface area (Å²) in [5.74, 6) is -3.56. The van der Waals surface area contributed by atoms with E-state index in [2.05, 4.69) is 10.6 Å². The van der Waals surface area contributed by atoms with Gasteiger partial charge in [-0.15, -0.1) is 0 Å². The zero-order chi connectivity index (χ0) is 41.7. The van der Waals surface area contributed by atoms with Crippen LogP contribution >= 0.6 is 0 Å². The first kappa shape index (κ1) is 47.6. The van der Waals surface area contributed by atoms with Crippen LogP contribution < -0.4 is 15.7 Å². The zero-order valence-corrected chi connectivity index (χ0v) is 35.7. The molecule has 1 fully saturated rings. The lowest BCUT2D eigenvalue weighted by atomic mass is 9.89. The second kappa shape index (κ2) is 22.3. The number of ether oxygens (including phenoxy) is 2. The Bertz CT molecular complexity index is 1390. The van der Waals surface area contributed by atoms with Crippen LogP contribution in [0.15, 0.2) is 30.3 Å². The third-order valence-electron chi connectivity index (χ3n) is 11.5. The van der Waals surface area contributed by atoms with Gasteiger partial charge in [0.15, 0.2) is 0 Å². The van der Waals surface area contributed by atoms with Crippen molar-refractivity contribution in [2.75, 3.05) is 34.9 Å². The van der Waals surface area contributed by atoms with Crippen LogP contribution in [0.5, 0.6) is 0 Å². The Kier molecular flexibility index (Phi) is 19.3. The molecule has 1 aliphatic rings. The number of rotatable bonds is 22. The lowest BCUT2D eigenvalue weighted by Gasteiger charge is -2.41. The van der Waals surface area contributed by atoms with Gasteiger partial charge in [0.25, 0.3) is 0 Å². The molecule has 1 aromatic carbocycles. The summed E-state index contributed by atoms with van der Waals surface area (Å²) < 4.78 is 11.9. The molecule has 13 heteroatoms. The van der Waals surface area contributed by atoms with E-state index in [4.69, 9.17) is 9.47 Å². The Balaban J connectivity index is 2.29. The van der Waals surface area contributed by atoms with Crippen LogP contribution in [0.3, 0.4) is 0 Å². The maximum absolute atomic E-state index is 14.3. The Morgan fingerprint density at radius 3 is 2.00 bits per heavy atom. The second-order valence-corrected chi connectivity index (χ2v) is 16.3. The summed E-state index contributed by atoms with van der Waals surface area (Å²) in [5, 5.41) is 17.7. The molecule has 1 heterocycles. The second-order valence-electron chi connectivity index (χ2n) is 16.3. The van der Waals surface area contributed by atoms with Crippen molar-refractivity contribution in [3.05, 3.63) is 35.9 Å². The first-order valence-corrected chi connectivity index (χ1v) is 20.0. The number of likely N-dealkylation sites (tertiary alicyclic amines) is 1. The zero-order valence-electron chi connectivity index (χ0n) is 35.7. The molecule has 2 N–H and O–H groups in total. The van der Waals surface area contributed by atoms with E-state index >= 15 is 0 Å². The number of amides is 4. The summed E-state index contributed by atoms with van der Waals surface area (Å²) in [7, 11) is 6.66. The molecule has 0 aromatic heterocycles. The molecule has 55 heavy (non-hydrogen) atoms. The Labute approximate surface area is 330 Å². The molecule has 0 bridgehead atoms. The van der Waals surface area contributed by atoms with E-state index in [9.17, 15) is 29.1 Å². The third kappa shape index (κ3) is 12.7. The summed E-state index contributed by atoms with van der Waals surface area (Å²) in [6, 6.07) is 5.75. The van der Waals surface area contributed by atoms with Crippen molar-refractivity contribution in [3.8, 4) is 0 Å². The molecule has 1 saturated heterocycles. The SMILES string of the molecule is CC[C@H](C)[C@@H]([C@@H](CC(=O)N1CCC[C@H]1[C@H](OC)[C@@H](C)C(=O)N[C@@H](Cc1ccccc1)C(=O)[O-])OC)N(C)C(=O)[C@@H](NC(=O)[C@H](C(C)C)N(C)C(C)C)C(C)C. The van der Waals surface area contributed by atoms with Gasteiger partial charge in [-0.3, -0.25) is 24.1 Å². The predicted octanol–water partition coefficient (Wildman–Crippen LogP) is 2.89. The van der Waals surface area contributed by atoms with Crippen LogP contribution in [0.25, 0.3) is 0 Å². The largest absolute Gasteiger partial charge is 0.548 e. The summed E-state index contributed by atoms with van der Waals surface area (Å²) in [6.45, 7) is 18.0. The first-order chi connectivity index (χ1) is 25.8. The van der Waals surface area contributed by atoms with Gasteiger partial charge >= 0.3 is 0 Å². The standard InChI is InChI=1S/C42H71N5O8/c1-14-28(8)37(46(11)41(51)35(25(2)3)44-40(50)36(26(4)5)45(10)27(6)7)33(54-12)24-34(48)47-22-18-21-32(47)38(55-13)29(9)39(49)43-31(42(52)53)23-30-19-16-15-17-20-30/h15-17,19-20,25-29,31-33,35-38H,14,18,21-24H2,1-13H3,(H,43,49)(H,44,50)(H,52,53)/p-1/t28-,29+,31-,32-,33+,35-,36-,37-,38+/m0/s1. The lowest BCUT2D eigenvalue weighted by Crippen LogP contribution is -2.60. The van der Waals surface area contributed by atoms with Gasteiger partial charge in [-0.05, 0) is 63.5 Å². The first-order valence-electron chi connectivity index (χ1n) is 20.0. The quantitative estimate of drug-likeness (QED) is 0.181. The van der Waals surface area contributed by atoms with Crippen molar-refractivity contribution in [3.63, 3.8) is 0 Å². The minimum absolute atomic E-state index is 0.0201. The molecular weight excluding hydrogens is 702 g/mol. The Morgan fingerprint density at radius 1 is 0.891 bits per heavy atom. The highest BCUT2D eigenvalue weighted by atomic mass is 16.5. The van der Waals surface area contributed by atoms with Crippen molar-refractivity contribution in [2.24, 2.45) is 23.7 Å². The van der Waals surface area contributed by atoms with Crippen molar-refractivity contribution in [1.29, 1.82) is 0 Å². The molecule has 0 radical (unpaired) electrons. The molecule has 2 rings (SSSR count). The van der Waals surface area contributed by atoms with E-state index in [-0.39, 0.29) is 54.4 Å². The molecule has 1 aliphatic heterocycles. The highest BCUT2D eigenvalue weighted by Crippen LogP contribution is 2.30. The molecule has 0 aliphatic carbocycles. The smallest absolute Gasteiger partial charge is 0.245 e. The van der Waals surface area contributed by atoms with Gasteiger partial charge in [-0.1, -0.05) is 85.2 Å². The van der Waals surface area contributed by atoms with Gasteiger partial charge in [0.2, 0.25) is 23.6 Å². The molecule has 9 atom stereocenters. The number of benzene rings is 1. The van der Waals surface area contributed by atoms with Crippen molar-refractivity contribution in [1.82, 2.24) is 25.3 Å². The number of nitrogens with zero attached hydrogens (tertiary/aromatic N) is 3. The maximum Gasteiger partial charge on any atom is 0.245 e. The summed E-state index contributed by atoms with van der Waals surface area (Å²) in [4.78, 5) is 73.1. The molecule has 0 spiro atoms. The molecular formula is C42H70N5O8-. The van der Waals surface area contributed by atoms with Gasteiger partial charge in [-0.2, -0.15) is 0 Å². The van der Waals surface area contributed by atoms with Crippen LogP contribution in [-0.4, -0.2) is 128 Å². The fraction of sp³-hybridized carbons (Fsp3) is 0.738. The lowest BCUT2D eigenvalue weighted by molar-refractivity contribution is -0.308. The van der Waals surface area contributed by atoms with Gasteiger partial charge in [-0.25, -0.2) is 0 Å². The van der Waals surface area contributed by atoms with E-state index in [1.54, 1.807) is 48.0 Å². The Morgan fingerprint density at radius 2 is 1.51 bits per heavy atom. The fourth-order valence-electron chi connectivity index (χ4n) is 7.90. The number of hydrogen-bond donors (Lipinski definition) is 2. The average Bonchev–Trinajstić information content (AvgIpc) is 3.62. The van der Waals surface area contributed by atoms with Gasteiger partial charge < -0.3 is 39.8 Å². The van der Waals surface area contributed by atoms with Crippen LogP contribution in [0.1, 0.15) is 93.6 Å². The number of likely N-dealkylation sites (N-methyl/N-ethyl adjacent to an activating group) is 2. The van der Waals surface area contributed by atoms with E-state index in [0.717, 1.165) is 5.56 Å². The highest BCUT2D eigenvalue weighted by molar-refractivity contribution is 5.90. The molecule has 13 nitrogen and oxygen atoms in total. The summed E-state index contributed by atoms with van der Waals surface area (Å²) in [5.41, 5.74) is 0.745. The monoisotopic (exact) mass is 773 g/mol. The summed E-state index contributed by atoms with van der Waals surface area (Å²) >= 11 is 0. The van der Waals surface area contributed by atoms with Crippen molar-refractivity contribution >= 4 is 29.6 Å². The highest BCUT2D eigenvalue weighted by Gasteiger charge is 2.43. The number of carbonyl (C=O) groups is 5. The van der Waals surface area contributed by atoms with Crippen molar-refractivity contribution in [2.45, 2.75) is 143 Å². The fourth-order valence-corrected chi connectivity index (χ4v) is 7.90. The number of nitrogens with one attached hydrogen (secondary N) is 2. The molecule has 0 unspecified atom stereocenters. The van der Waals surface area contributed by atoms with E-state index in [0.29, 0.717) is 25.8 Å². The number of carboxylic acids is 1. The average molecular weight is 773 g/mol. The molecule has 312 valence electrons. The number of carboxylic acid groups (broad SMARTS) is 1. The van der Waals surface area contributed by atoms with E-state index < -0.39 is 60.2 Å². The van der Waals surface area contributed by atoms with Gasteiger partial charge in [0.05, 0.1) is 54.7 Å². The predicted molar refractivity (Wildman–Crippen MR) is 212 cm³/mol. The number of carbonyl (C=O) groups excluding carboxylic acids is 5. The van der Waals surface area contributed by atoms with Gasteiger partial charge in [0, 0.05) is 33.9 Å². The van der Waals surface area contributed by atoms with Crippen LogP contribution in [0.4, 0.5) is 0 Å². The number of methoxy groups -OCH3 is 2.